The van der Waals surface area contributed by atoms with E-state index in [0.29, 0.717) is 10.8 Å². The first kappa shape index (κ1) is 20.7. The first-order valence-corrected chi connectivity index (χ1v) is 11.6. The number of thiophene rings is 1. The molecule has 8 heteroatoms. The molecule has 0 aliphatic carbocycles. The fraction of sp³-hybridized carbons (Fsp3) is 0.208. The summed E-state index contributed by atoms with van der Waals surface area (Å²) >= 11 is 7.50. The maximum Gasteiger partial charge on any atom is 0.228 e. The number of amides is 2. The van der Waals surface area contributed by atoms with Crippen LogP contribution in [-0.4, -0.2) is 28.3 Å². The summed E-state index contributed by atoms with van der Waals surface area (Å²) in [5, 5.41) is 2.96. The monoisotopic (exact) mass is 464 g/mol. The molecule has 1 saturated heterocycles. The van der Waals surface area contributed by atoms with Gasteiger partial charge in [-0.25, -0.2) is 4.98 Å². The van der Waals surface area contributed by atoms with Crippen LogP contribution in [0.2, 0.25) is 4.34 Å². The van der Waals surface area contributed by atoms with E-state index in [4.69, 9.17) is 11.6 Å². The molecule has 1 aliphatic heterocycles. The van der Waals surface area contributed by atoms with Crippen molar-refractivity contribution in [3.63, 3.8) is 0 Å². The number of nitrogens with zero attached hydrogens (tertiary/aromatic N) is 2. The standard InChI is InChI=1S/C24H21ClN4O2S/c1-14-11-16(5-7-19(14)29-10-2-3-23(29)31)26-22(30)13-15-4-6-17-18(12-15)28-24(27-17)20-8-9-21(25)32-20/h4-9,11-12H,2-3,10,13H2,1H3,(H,26,30)(H,27,28). The summed E-state index contributed by atoms with van der Waals surface area (Å²) in [4.78, 5) is 35.4. The van der Waals surface area contributed by atoms with E-state index >= 15 is 0 Å². The normalized spacial score (nSPS) is 13.8. The zero-order chi connectivity index (χ0) is 22.2. The van der Waals surface area contributed by atoms with E-state index in [2.05, 4.69) is 15.3 Å². The maximum absolute atomic E-state index is 12.6. The molecule has 0 bridgehead atoms. The molecule has 4 aromatic rings. The SMILES string of the molecule is Cc1cc(NC(=O)Cc2ccc3[nH]c(-c4ccc(Cl)s4)nc3c2)ccc1N1CCCC1=O. The molecular weight excluding hydrogens is 444 g/mol. The molecule has 6 nitrogen and oxygen atoms in total. The summed E-state index contributed by atoms with van der Waals surface area (Å²) in [6.45, 7) is 2.71. The summed E-state index contributed by atoms with van der Waals surface area (Å²) in [5.41, 5.74) is 5.21. The number of aromatic amines is 1. The molecule has 2 aromatic carbocycles. The minimum Gasteiger partial charge on any atom is -0.337 e. The Morgan fingerprint density at radius 3 is 2.81 bits per heavy atom. The van der Waals surface area contributed by atoms with Gasteiger partial charge in [-0.2, -0.15) is 0 Å². The van der Waals surface area contributed by atoms with E-state index in [1.807, 2.05) is 60.4 Å². The number of benzene rings is 2. The number of rotatable bonds is 5. The van der Waals surface area contributed by atoms with E-state index in [9.17, 15) is 9.59 Å². The number of anilines is 2. The molecule has 0 radical (unpaired) electrons. The Kier molecular flexibility index (Phi) is 5.45. The molecule has 0 spiro atoms. The highest BCUT2D eigenvalue weighted by atomic mass is 35.5. The summed E-state index contributed by atoms with van der Waals surface area (Å²) in [5.74, 6) is 0.823. The van der Waals surface area contributed by atoms with Crippen molar-refractivity contribution in [2.75, 3.05) is 16.8 Å². The van der Waals surface area contributed by atoms with Crippen molar-refractivity contribution in [1.82, 2.24) is 9.97 Å². The van der Waals surface area contributed by atoms with Crippen molar-refractivity contribution >= 4 is 57.2 Å². The summed E-state index contributed by atoms with van der Waals surface area (Å²) < 4.78 is 0.716. The van der Waals surface area contributed by atoms with Crippen LogP contribution in [0.1, 0.15) is 24.0 Å². The maximum atomic E-state index is 12.6. The summed E-state index contributed by atoms with van der Waals surface area (Å²) in [6, 6.07) is 15.2. The number of halogens is 1. The van der Waals surface area contributed by atoms with Crippen molar-refractivity contribution in [2.45, 2.75) is 26.2 Å². The number of aryl methyl sites for hydroxylation is 1. The summed E-state index contributed by atoms with van der Waals surface area (Å²) in [6.07, 6.45) is 1.73. The number of imidazole rings is 1. The van der Waals surface area contributed by atoms with Crippen LogP contribution in [0, 0.1) is 6.92 Å². The van der Waals surface area contributed by atoms with Crippen LogP contribution in [0.15, 0.2) is 48.5 Å². The van der Waals surface area contributed by atoms with Crippen LogP contribution in [-0.2, 0) is 16.0 Å². The van der Waals surface area contributed by atoms with E-state index < -0.39 is 0 Å². The number of carbonyl (C=O) groups is 2. The molecule has 0 saturated carbocycles. The van der Waals surface area contributed by atoms with Crippen LogP contribution in [0.3, 0.4) is 0 Å². The fourth-order valence-corrected chi connectivity index (χ4v) is 5.04. The Balaban J connectivity index is 1.28. The van der Waals surface area contributed by atoms with Gasteiger partial charge in [0.25, 0.3) is 0 Å². The van der Waals surface area contributed by atoms with Gasteiger partial charge in [0.2, 0.25) is 11.8 Å². The Labute approximate surface area is 194 Å². The lowest BCUT2D eigenvalue weighted by Crippen LogP contribution is -2.24. The number of fused-ring (bicyclic) bond motifs is 1. The molecule has 2 N–H and O–H groups in total. The molecule has 3 heterocycles. The molecule has 0 unspecified atom stereocenters. The Hall–Kier alpha value is -3.16. The molecule has 2 amide bonds. The predicted octanol–water partition coefficient (Wildman–Crippen LogP) is 5.56. The van der Waals surface area contributed by atoms with E-state index in [1.54, 1.807) is 0 Å². The number of aromatic nitrogens is 2. The van der Waals surface area contributed by atoms with Crippen LogP contribution in [0.5, 0.6) is 0 Å². The molecule has 1 fully saturated rings. The van der Waals surface area contributed by atoms with Gasteiger partial charge in [-0.15, -0.1) is 11.3 Å². The van der Waals surface area contributed by atoms with Crippen molar-refractivity contribution in [3.05, 3.63) is 64.0 Å². The molecular formula is C24H21ClN4O2S. The highest BCUT2D eigenvalue weighted by molar-refractivity contribution is 7.19. The average Bonchev–Trinajstić information content (AvgIpc) is 3.47. The van der Waals surface area contributed by atoms with Gasteiger partial charge in [-0.3, -0.25) is 9.59 Å². The van der Waals surface area contributed by atoms with E-state index in [-0.39, 0.29) is 18.2 Å². The number of carbonyl (C=O) groups excluding carboxylic acids is 2. The van der Waals surface area contributed by atoms with Crippen LogP contribution in [0.25, 0.3) is 21.7 Å². The number of hydrogen-bond donors (Lipinski definition) is 2. The fourth-order valence-electron chi connectivity index (χ4n) is 4.05. The second kappa shape index (κ2) is 8.41. The lowest BCUT2D eigenvalue weighted by molar-refractivity contribution is -0.117. The average molecular weight is 465 g/mol. The number of hydrogen-bond acceptors (Lipinski definition) is 4. The van der Waals surface area contributed by atoms with Gasteiger partial charge in [-0.05, 0) is 66.9 Å². The van der Waals surface area contributed by atoms with Gasteiger partial charge in [0.15, 0.2) is 0 Å². The lowest BCUT2D eigenvalue weighted by atomic mass is 10.1. The summed E-state index contributed by atoms with van der Waals surface area (Å²) in [7, 11) is 0. The number of nitrogens with one attached hydrogen (secondary N) is 2. The highest BCUT2D eigenvalue weighted by Gasteiger charge is 2.23. The Bertz CT molecular complexity index is 1340. The van der Waals surface area contributed by atoms with Crippen LogP contribution >= 0.6 is 22.9 Å². The third-order valence-electron chi connectivity index (χ3n) is 5.56. The van der Waals surface area contributed by atoms with Gasteiger partial charge >= 0.3 is 0 Å². The Morgan fingerprint density at radius 1 is 1.22 bits per heavy atom. The van der Waals surface area contributed by atoms with Gasteiger partial charge < -0.3 is 15.2 Å². The zero-order valence-corrected chi connectivity index (χ0v) is 19.0. The molecule has 1 aliphatic rings. The van der Waals surface area contributed by atoms with Crippen molar-refractivity contribution < 1.29 is 9.59 Å². The second-order valence-corrected chi connectivity index (χ2v) is 9.63. The Morgan fingerprint density at radius 2 is 2.09 bits per heavy atom. The van der Waals surface area contributed by atoms with Gasteiger partial charge in [0.1, 0.15) is 5.82 Å². The smallest absolute Gasteiger partial charge is 0.228 e. The van der Waals surface area contributed by atoms with E-state index in [1.165, 1.54) is 11.3 Å². The highest BCUT2D eigenvalue weighted by Crippen LogP contribution is 2.31. The van der Waals surface area contributed by atoms with Gasteiger partial charge in [0.05, 0.1) is 26.7 Å². The van der Waals surface area contributed by atoms with E-state index in [0.717, 1.165) is 57.2 Å². The van der Waals surface area contributed by atoms with Crippen LogP contribution < -0.4 is 10.2 Å². The third-order valence-corrected chi connectivity index (χ3v) is 6.80. The minimum atomic E-state index is -0.102. The predicted molar refractivity (Wildman–Crippen MR) is 130 cm³/mol. The van der Waals surface area contributed by atoms with Gasteiger partial charge in [0, 0.05) is 24.3 Å². The van der Waals surface area contributed by atoms with Crippen molar-refractivity contribution in [2.24, 2.45) is 0 Å². The zero-order valence-electron chi connectivity index (χ0n) is 17.4. The first-order chi connectivity index (χ1) is 15.5. The molecule has 162 valence electrons. The molecule has 0 atom stereocenters. The van der Waals surface area contributed by atoms with Crippen LogP contribution in [0.4, 0.5) is 11.4 Å². The molecule has 5 rings (SSSR count). The largest absolute Gasteiger partial charge is 0.337 e. The third kappa shape index (κ3) is 4.13. The number of H-pyrrole nitrogens is 1. The topological polar surface area (TPSA) is 78.1 Å². The molecule has 2 aromatic heterocycles. The minimum absolute atomic E-state index is 0.102. The van der Waals surface area contributed by atoms with Crippen molar-refractivity contribution in [3.8, 4) is 10.7 Å². The second-order valence-electron chi connectivity index (χ2n) is 7.92. The quantitative estimate of drug-likeness (QED) is 0.405. The first-order valence-electron chi connectivity index (χ1n) is 10.4. The van der Waals surface area contributed by atoms with Gasteiger partial charge in [-0.1, -0.05) is 17.7 Å². The lowest BCUT2D eigenvalue weighted by Gasteiger charge is -2.19. The molecule has 32 heavy (non-hydrogen) atoms. The van der Waals surface area contributed by atoms with Crippen molar-refractivity contribution in [1.29, 1.82) is 0 Å².